The van der Waals surface area contributed by atoms with Crippen molar-refractivity contribution < 1.29 is 0 Å². The molecular weight excluding hydrogens is 328 g/mol. The Labute approximate surface area is 133 Å². The molecule has 110 valence electrons. The molecule has 1 fully saturated rings. The molecule has 0 atom stereocenters. The molecule has 2 aromatic heterocycles. The van der Waals surface area contributed by atoms with Crippen molar-refractivity contribution >= 4 is 15.9 Å². The predicted molar refractivity (Wildman–Crippen MR) is 85.6 cm³/mol. The first-order chi connectivity index (χ1) is 10.3. The highest BCUT2D eigenvalue weighted by Crippen LogP contribution is 2.26. The van der Waals surface area contributed by atoms with Crippen molar-refractivity contribution in [3.8, 4) is 5.82 Å². The largest absolute Gasteiger partial charge is 0.310 e. The van der Waals surface area contributed by atoms with Crippen molar-refractivity contribution in [1.29, 1.82) is 0 Å². The molecule has 0 aliphatic heterocycles. The molecule has 0 radical (unpaired) electrons. The minimum Gasteiger partial charge on any atom is -0.310 e. The Hall–Kier alpha value is -1.20. The van der Waals surface area contributed by atoms with Gasteiger partial charge in [-0.2, -0.15) is 0 Å². The number of aromatic nitrogens is 3. The quantitative estimate of drug-likeness (QED) is 0.924. The average Bonchev–Trinajstić information content (AvgIpc) is 3.24. The number of fused-ring (bicyclic) bond motifs is 1. The van der Waals surface area contributed by atoms with E-state index in [2.05, 4.69) is 41.8 Å². The maximum atomic E-state index is 4.66. The first kappa shape index (κ1) is 13.5. The van der Waals surface area contributed by atoms with Crippen molar-refractivity contribution in [2.75, 3.05) is 0 Å². The summed E-state index contributed by atoms with van der Waals surface area (Å²) in [5, 5.41) is 3.59. The molecule has 0 unspecified atom stereocenters. The molecule has 4 nitrogen and oxygen atoms in total. The van der Waals surface area contributed by atoms with Gasteiger partial charge >= 0.3 is 0 Å². The molecule has 5 heteroatoms. The van der Waals surface area contributed by atoms with Crippen LogP contribution in [-0.2, 0) is 19.4 Å². The summed E-state index contributed by atoms with van der Waals surface area (Å²) in [6.07, 6.45) is 11.2. The zero-order valence-electron chi connectivity index (χ0n) is 12.0. The van der Waals surface area contributed by atoms with Crippen LogP contribution in [0.2, 0.25) is 0 Å². The van der Waals surface area contributed by atoms with E-state index in [0.717, 1.165) is 29.7 Å². The number of pyridine rings is 1. The molecule has 21 heavy (non-hydrogen) atoms. The van der Waals surface area contributed by atoms with Gasteiger partial charge in [-0.3, -0.25) is 4.57 Å². The molecule has 2 aliphatic rings. The number of hydrogen-bond donors (Lipinski definition) is 1. The van der Waals surface area contributed by atoms with Crippen molar-refractivity contribution in [3.63, 3.8) is 0 Å². The zero-order chi connectivity index (χ0) is 14.2. The van der Waals surface area contributed by atoms with Gasteiger partial charge in [-0.1, -0.05) is 0 Å². The molecular formula is C16H19BrN4. The summed E-state index contributed by atoms with van der Waals surface area (Å²) in [6, 6.07) is 2.88. The van der Waals surface area contributed by atoms with Crippen LogP contribution in [0.5, 0.6) is 0 Å². The third-order valence-corrected chi connectivity index (χ3v) is 4.76. The second kappa shape index (κ2) is 5.54. The number of rotatable bonds is 4. The van der Waals surface area contributed by atoms with Crippen LogP contribution in [0.3, 0.4) is 0 Å². The molecule has 0 saturated heterocycles. The Morgan fingerprint density at radius 1 is 1.24 bits per heavy atom. The summed E-state index contributed by atoms with van der Waals surface area (Å²) < 4.78 is 3.23. The Morgan fingerprint density at radius 3 is 2.95 bits per heavy atom. The van der Waals surface area contributed by atoms with E-state index in [9.17, 15) is 0 Å². The number of imidazole rings is 1. The molecule has 4 rings (SSSR count). The van der Waals surface area contributed by atoms with Crippen molar-refractivity contribution in [3.05, 3.63) is 40.0 Å². The number of halogens is 1. The molecule has 2 aliphatic carbocycles. The molecule has 0 aromatic carbocycles. The summed E-state index contributed by atoms with van der Waals surface area (Å²) >= 11 is 3.54. The van der Waals surface area contributed by atoms with E-state index < -0.39 is 0 Å². The monoisotopic (exact) mass is 346 g/mol. The Morgan fingerprint density at radius 2 is 2.10 bits per heavy atom. The second-order valence-corrected chi connectivity index (χ2v) is 6.92. The highest BCUT2D eigenvalue weighted by atomic mass is 79.9. The van der Waals surface area contributed by atoms with E-state index in [1.165, 1.54) is 42.6 Å². The van der Waals surface area contributed by atoms with Gasteiger partial charge < -0.3 is 5.32 Å². The molecule has 0 bridgehead atoms. The maximum absolute atomic E-state index is 4.66. The zero-order valence-corrected chi connectivity index (χ0v) is 13.6. The fourth-order valence-electron chi connectivity index (χ4n) is 3.01. The van der Waals surface area contributed by atoms with Crippen LogP contribution in [0.15, 0.2) is 23.1 Å². The third kappa shape index (κ3) is 2.77. The lowest BCUT2D eigenvalue weighted by Gasteiger charge is -2.16. The highest BCUT2D eigenvalue weighted by Gasteiger charge is 2.22. The molecule has 0 spiro atoms. The fraction of sp³-hybridized carbons (Fsp3) is 0.500. The lowest BCUT2D eigenvalue weighted by molar-refractivity contribution is 0.648. The predicted octanol–water partition coefficient (Wildman–Crippen LogP) is 3.16. The normalized spacial score (nSPS) is 17.8. The van der Waals surface area contributed by atoms with Crippen LogP contribution < -0.4 is 5.32 Å². The topological polar surface area (TPSA) is 42.7 Å². The van der Waals surface area contributed by atoms with E-state index in [0.29, 0.717) is 6.04 Å². The van der Waals surface area contributed by atoms with Crippen molar-refractivity contribution in [2.24, 2.45) is 0 Å². The van der Waals surface area contributed by atoms with E-state index in [4.69, 9.17) is 0 Å². The van der Waals surface area contributed by atoms with E-state index in [1.54, 1.807) is 0 Å². The smallest absolute Gasteiger partial charge is 0.142 e. The summed E-state index contributed by atoms with van der Waals surface area (Å²) in [5.41, 5.74) is 3.85. The number of nitrogens with one attached hydrogen (secondary N) is 1. The van der Waals surface area contributed by atoms with Gasteiger partial charge in [-0.05, 0) is 60.5 Å². The Bertz CT molecular complexity index is 660. The molecule has 1 N–H and O–H groups in total. The van der Waals surface area contributed by atoms with Gasteiger partial charge in [0, 0.05) is 34.5 Å². The van der Waals surface area contributed by atoms with Crippen LogP contribution in [0, 0.1) is 0 Å². The van der Waals surface area contributed by atoms with Gasteiger partial charge in [0.15, 0.2) is 0 Å². The van der Waals surface area contributed by atoms with E-state index in [1.807, 2.05) is 12.5 Å². The van der Waals surface area contributed by atoms with Crippen LogP contribution >= 0.6 is 15.9 Å². The number of nitrogens with zero attached hydrogens (tertiary/aromatic N) is 3. The molecule has 2 heterocycles. The minimum atomic E-state index is 0.702. The lowest BCUT2D eigenvalue weighted by Crippen LogP contribution is -2.18. The van der Waals surface area contributed by atoms with Crippen LogP contribution in [-0.4, -0.2) is 20.6 Å². The highest BCUT2D eigenvalue weighted by molar-refractivity contribution is 9.10. The van der Waals surface area contributed by atoms with E-state index in [-0.39, 0.29) is 0 Å². The minimum absolute atomic E-state index is 0.702. The van der Waals surface area contributed by atoms with Gasteiger partial charge in [0.2, 0.25) is 0 Å². The maximum Gasteiger partial charge on any atom is 0.142 e. The van der Waals surface area contributed by atoms with E-state index >= 15 is 0 Å². The van der Waals surface area contributed by atoms with Gasteiger partial charge in [0.25, 0.3) is 0 Å². The van der Waals surface area contributed by atoms with Gasteiger partial charge in [-0.15, -0.1) is 0 Å². The van der Waals surface area contributed by atoms with Gasteiger partial charge in [0.05, 0.1) is 5.69 Å². The average molecular weight is 347 g/mol. The summed E-state index contributed by atoms with van der Waals surface area (Å²) in [5.74, 6) is 1.03. The standard InChI is InChI=1S/C16H19BrN4/c17-12-7-11(8-18-13-5-6-13)16(19-9-12)21-10-20-14-3-1-2-4-15(14)21/h7,9-10,13,18H,1-6,8H2. The first-order valence-electron chi connectivity index (χ1n) is 7.74. The van der Waals surface area contributed by atoms with Crippen LogP contribution in [0.4, 0.5) is 0 Å². The second-order valence-electron chi connectivity index (χ2n) is 6.01. The van der Waals surface area contributed by atoms with Crippen LogP contribution in [0.1, 0.15) is 42.6 Å². The fourth-order valence-corrected chi connectivity index (χ4v) is 3.39. The molecule has 2 aromatic rings. The number of hydrogen-bond acceptors (Lipinski definition) is 3. The van der Waals surface area contributed by atoms with Crippen LogP contribution in [0.25, 0.3) is 5.82 Å². The Kier molecular flexibility index (Phi) is 3.55. The Balaban J connectivity index is 1.71. The van der Waals surface area contributed by atoms with Gasteiger partial charge in [0.1, 0.15) is 12.1 Å². The number of aryl methyl sites for hydroxylation is 1. The first-order valence-corrected chi connectivity index (χ1v) is 8.54. The summed E-state index contributed by atoms with van der Waals surface area (Å²) in [7, 11) is 0. The lowest BCUT2D eigenvalue weighted by atomic mass is 10.0. The van der Waals surface area contributed by atoms with Crippen molar-refractivity contribution in [1.82, 2.24) is 19.9 Å². The molecule has 1 saturated carbocycles. The summed E-state index contributed by atoms with van der Waals surface area (Å²) in [6.45, 7) is 0.874. The SMILES string of the molecule is Brc1cnc(-n2cnc3c2CCCC3)c(CNC2CC2)c1. The molecule has 0 amide bonds. The van der Waals surface area contributed by atoms with Gasteiger partial charge in [-0.25, -0.2) is 9.97 Å². The summed E-state index contributed by atoms with van der Waals surface area (Å²) in [4.78, 5) is 9.26. The third-order valence-electron chi connectivity index (χ3n) is 4.33. The van der Waals surface area contributed by atoms with Crippen molar-refractivity contribution in [2.45, 2.75) is 51.1 Å².